The van der Waals surface area contributed by atoms with Crippen molar-refractivity contribution in [3.63, 3.8) is 0 Å². The first-order chi connectivity index (χ1) is 47.2. The van der Waals surface area contributed by atoms with Crippen molar-refractivity contribution in [2.75, 3.05) is 26.4 Å². The van der Waals surface area contributed by atoms with Gasteiger partial charge in [0.1, 0.15) is 124 Å². The van der Waals surface area contributed by atoms with Gasteiger partial charge in [-0.1, -0.05) is 18.2 Å². The number of esters is 3. The minimum atomic E-state index is -2.07. The Morgan fingerprint density at radius 2 is 0.677 bits per heavy atom. The monoisotopic (exact) mass is 1420 g/mol. The van der Waals surface area contributed by atoms with E-state index in [2.05, 4.69) is 0 Å². The molecule has 5 aliphatic heterocycles. The van der Waals surface area contributed by atoms with Crippen molar-refractivity contribution in [1.82, 2.24) is 0 Å². The summed E-state index contributed by atoms with van der Waals surface area (Å²) in [7, 11) is 0. The summed E-state index contributed by atoms with van der Waals surface area (Å²) in [6.07, 6.45) is -34.8. The molecule has 5 saturated heterocycles. The third kappa shape index (κ3) is 19.7. The van der Waals surface area contributed by atoms with Gasteiger partial charge < -0.3 is 149 Å². The zero-order valence-electron chi connectivity index (χ0n) is 54.8. The Balaban J connectivity index is 0.898. The summed E-state index contributed by atoms with van der Waals surface area (Å²) in [6, 6.07) is 0. The minimum absolute atomic E-state index is 0.0181. The topological polar surface area (TPSA) is 526 Å². The highest BCUT2D eigenvalue weighted by Gasteiger charge is 2.57. The predicted molar refractivity (Wildman–Crippen MR) is 328 cm³/mol. The maximum Gasteiger partial charge on any atom is 0.330 e. The number of hydrogen-bond donors (Lipinski definition) is 18. The van der Waals surface area contributed by atoms with Gasteiger partial charge in [0.05, 0.1) is 67.6 Å². The fraction of sp³-hybridized carbons (Fsp3) is 0.864. The largest absolute Gasteiger partial charge is 0.460 e. The molecule has 0 spiro atoms. The van der Waals surface area contributed by atoms with Crippen molar-refractivity contribution in [2.45, 2.75) is 299 Å². The highest BCUT2D eigenvalue weighted by molar-refractivity contribution is 5.82. The van der Waals surface area contributed by atoms with Crippen molar-refractivity contribution in [1.29, 1.82) is 0 Å². The summed E-state index contributed by atoms with van der Waals surface area (Å²) in [6.45, 7) is -2.82. The van der Waals surface area contributed by atoms with Crippen LogP contribution in [0.15, 0.2) is 36.5 Å². The van der Waals surface area contributed by atoms with E-state index in [1.807, 2.05) is 0 Å². The molecule has 0 aromatic heterocycles. The van der Waals surface area contributed by atoms with Crippen LogP contribution in [0.2, 0.25) is 0 Å². The Kier molecular flexibility index (Phi) is 28.1. The second-order valence-electron chi connectivity index (χ2n) is 28.5. The molecule has 0 aromatic carbocycles. The van der Waals surface area contributed by atoms with Crippen LogP contribution < -0.4 is 0 Å². The lowest BCUT2D eigenvalue weighted by atomic mass is 9.72. The maximum atomic E-state index is 13.0. The summed E-state index contributed by atoms with van der Waals surface area (Å²) >= 11 is 0. The molecule has 5 saturated carbocycles. The molecular weight excluding hydrogens is 1320 g/mol. The molecule has 5 heterocycles. The molecule has 10 rings (SSSR count). The van der Waals surface area contributed by atoms with Gasteiger partial charge in [0.25, 0.3) is 0 Å². The quantitative estimate of drug-likeness (QED) is 0.0273. The minimum Gasteiger partial charge on any atom is -0.460 e. The Hall–Kier alpha value is -3.45. The molecule has 10 aliphatic rings. The smallest absolute Gasteiger partial charge is 0.330 e. The Morgan fingerprint density at radius 1 is 0.343 bits per heavy atom. The highest BCUT2D eigenvalue weighted by Crippen LogP contribution is 2.46. The molecule has 10 unspecified atom stereocenters. The molecule has 0 amide bonds. The summed E-state index contributed by atoms with van der Waals surface area (Å²) in [5, 5.41) is 199. The van der Waals surface area contributed by atoms with Crippen molar-refractivity contribution in [3.05, 3.63) is 36.5 Å². The molecule has 0 bridgehead atoms. The van der Waals surface area contributed by atoms with Crippen LogP contribution in [0.1, 0.15) is 109 Å². The molecule has 10 fully saturated rings. The third-order valence-corrected chi connectivity index (χ3v) is 21.5. The van der Waals surface area contributed by atoms with E-state index in [9.17, 15) is 106 Å². The number of carbonyl (C=O) groups excluding carboxylic acids is 3. The molecule has 0 aromatic rings. The average molecular weight is 1420 g/mol. The van der Waals surface area contributed by atoms with Crippen LogP contribution in [0.5, 0.6) is 0 Å². The maximum absolute atomic E-state index is 13.0. The lowest BCUT2D eigenvalue weighted by Crippen LogP contribution is -2.64. The number of hydrogen-bond acceptors (Lipinski definition) is 33. The molecule has 18 N–H and O–H groups in total. The van der Waals surface area contributed by atoms with Gasteiger partial charge in [-0.25, -0.2) is 14.4 Å². The number of aliphatic hydroxyl groups is 18. The fourth-order valence-electron chi connectivity index (χ4n) is 15.3. The number of carbonyl (C=O) groups is 3. The fourth-order valence-corrected chi connectivity index (χ4v) is 15.3. The van der Waals surface area contributed by atoms with Crippen LogP contribution in [0.25, 0.3) is 0 Å². The number of rotatable bonds is 22. The van der Waals surface area contributed by atoms with E-state index >= 15 is 0 Å². The molecule has 33 nitrogen and oxygen atoms in total. The summed E-state index contributed by atoms with van der Waals surface area (Å²) < 4.78 is 72.3. The van der Waals surface area contributed by atoms with E-state index < -0.39 is 246 Å². The molecule has 33 heteroatoms. The SMILES string of the molecule is O=C(C=CC1CCC(O)CC1)OC[C@@H]1O[C@H](OC2CC(O)C3CC(O[C@@H]4O[C@H](CO)[C@@H](O)[C@H](O)[C@@H]4O)C(C4CC(O[C@@H]5O[C@H](COC(=O)C=CC6CCC(O)CC6)[C@@H](O)[C@H](O)[C@H]5O)C(O)C(O[C@@H]5O[C@H](COC(=O)C=CC6CCC(O)CC6)[C@@H](O)[C@@H](O)[C@H]5O)C4)OC3C2)[C@@H](O)[C@H](O)[C@H]1O. The van der Waals surface area contributed by atoms with Gasteiger partial charge in [-0.15, -0.1) is 0 Å². The van der Waals surface area contributed by atoms with E-state index in [4.69, 9.17) is 56.8 Å². The Bertz CT molecular complexity index is 2540. The van der Waals surface area contributed by atoms with Gasteiger partial charge in [0, 0.05) is 37.0 Å². The van der Waals surface area contributed by atoms with Gasteiger partial charge in [-0.2, -0.15) is 0 Å². The van der Waals surface area contributed by atoms with Crippen LogP contribution in [-0.4, -0.2) is 326 Å². The zero-order valence-corrected chi connectivity index (χ0v) is 54.8. The van der Waals surface area contributed by atoms with E-state index in [1.54, 1.807) is 18.2 Å². The average Bonchev–Trinajstić information content (AvgIpc) is 0.762. The molecule has 0 radical (unpaired) electrons. The van der Waals surface area contributed by atoms with Gasteiger partial charge in [-0.3, -0.25) is 0 Å². The summed E-state index contributed by atoms with van der Waals surface area (Å²) in [5.41, 5.74) is 0. The van der Waals surface area contributed by atoms with E-state index in [-0.39, 0.29) is 49.9 Å². The van der Waals surface area contributed by atoms with Crippen LogP contribution in [-0.2, 0) is 71.2 Å². The van der Waals surface area contributed by atoms with Gasteiger partial charge in [0.15, 0.2) is 25.2 Å². The number of allylic oxidation sites excluding steroid dienone is 3. The highest BCUT2D eigenvalue weighted by atomic mass is 16.7. The first kappa shape index (κ1) is 78.1. The number of fused-ring (bicyclic) bond motifs is 1. The summed E-state index contributed by atoms with van der Waals surface area (Å²) in [4.78, 5) is 38.8. The van der Waals surface area contributed by atoms with Crippen molar-refractivity contribution in [2.24, 2.45) is 29.6 Å². The van der Waals surface area contributed by atoms with Crippen molar-refractivity contribution < 1.29 is 163 Å². The van der Waals surface area contributed by atoms with Crippen LogP contribution >= 0.6 is 0 Å². The zero-order chi connectivity index (χ0) is 71.1. The third-order valence-electron chi connectivity index (χ3n) is 21.5. The first-order valence-electron chi connectivity index (χ1n) is 34.9. The second kappa shape index (κ2) is 35.6. The van der Waals surface area contributed by atoms with Crippen molar-refractivity contribution >= 4 is 17.9 Å². The normalized spacial score (nSPS) is 47.9. The van der Waals surface area contributed by atoms with Crippen LogP contribution in [0.4, 0.5) is 0 Å². The van der Waals surface area contributed by atoms with Crippen LogP contribution in [0.3, 0.4) is 0 Å². The number of aliphatic hydroxyl groups excluding tert-OH is 18. The summed E-state index contributed by atoms with van der Waals surface area (Å²) in [5.74, 6) is -4.46. The number of ether oxygens (including phenoxy) is 12. The van der Waals surface area contributed by atoms with E-state index in [0.717, 1.165) is 0 Å². The van der Waals surface area contributed by atoms with Gasteiger partial charge >= 0.3 is 17.9 Å². The molecule has 99 heavy (non-hydrogen) atoms. The molecular formula is C66H102O33. The second-order valence-corrected chi connectivity index (χ2v) is 28.5. The predicted octanol–water partition coefficient (Wildman–Crippen LogP) is -5.60. The van der Waals surface area contributed by atoms with Gasteiger partial charge in [-0.05, 0) is 120 Å². The van der Waals surface area contributed by atoms with E-state index in [0.29, 0.717) is 77.0 Å². The first-order valence-corrected chi connectivity index (χ1v) is 34.9. The lowest BCUT2D eigenvalue weighted by Gasteiger charge is -2.53. The van der Waals surface area contributed by atoms with Crippen molar-refractivity contribution in [3.8, 4) is 0 Å². The Labute approximate surface area is 570 Å². The Morgan fingerprint density at radius 3 is 1.04 bits per heavy atom. The van der Waals surface area contributed by atoms with Crippen LogP contribution in [0, 0.1) is 29.6 Å². The molecule has 5 aliphatic carbocycles. The van der Waals surface area contributed by atoms with E-state index in [1.165, 1.54) is 18.2 Å². The van der Waals surface area contributed by atoms with Gasteiger partial charge in [0.2, 0.25) is 0 Å². The lowest BCUT2D eigenvalue weighted by molar-refractivity contribution is -0.351. The molecule has 564 valence electrons. The molecule has 30 atom stereocenters. The standard InChI is InChI=1S/C66H102O33/c67-24-42-50(76)54(80)59(85)66(96-42)95-41-23-36-37(71)21-35(91-63-58(84)55(81)51(77)43(97-63)25-88-46(72)16-7-28-1-10-32(68)11-2-28)22-38(36)92-62(41)31-19-39(93-64-60(86)56(82)52(78)44(98-64)26-89-47(73)17-8-29-3-12-33(69)13-4-29)49(75)40(20-31)94-65-61(87)57(83)53(79)45(99-65)27-90-48(74)18-9-30-5-14-34(70)15-6-30/h7-9,16-18,28-45,49-71,75-87H,1-6,10-15,19-27H2/t28?,29?,30?,31?,32?,33?,34?,35?,36?,37?,38?,39?,40?,41?,42-,43+,44-,45-,49?,50-,51+,52-,53-,54+,55-,56-,57+,58+,59+,60-,61-,62?,63+,64-,65-,66-/m1/s1.